The van der Waals surface area contributed by atoms with E-state index in [0.717, 1.165) is 0 Å². The third kappa shape index (κ3) is 4.35. The summed E-state index contributed by atoms with van der Waals surface area (Å²) in [6.45, 7) is 9.70. The third-order valence-electron chi connectivity index (χ3n) is 3.77. The Kier molecular flexibility index (Phi) is 6.20. The van der Waals surface area contributed by atoms with Gasteiger partial charge in [-0.1, -0.05) is 0 Å². The number of carbonyl (C=O) groups excluding carboxylic acids is 2. The molecule has 2 amide bonds. The Hall–Kier alpha value is -1.79. The van der Waals surface area contributed by atoms with Crippen molar-refractivity contribution in [2.24, 2.45) is 4.99 Å². The number of rotatable bonds is 4. The number of nitrogens with zero attached hydrogens (tertiary/aromatic N) is 3. The Balaban J connectivity index is 2.72. The molecule has 0 atom stereocenters. The molecule has 7 heteroatoms. The highest BCUT2D eigenvalue weighted by Crippen LogP contribution is 2.24. The molecule has 0 unspecified atom stereocenters. The van der Waals surface area contributed by atoms with Crippen molar-refractivity contribution in [1.82, 2.24) is 20.4 Å². The van der Waals surface area contributed by atoms with Crippen molar-refractivity contribution in [3.63, 3.8) is 0 Å². The molecule has 7 nitrogen and oxygen atoms in total. The van der Waals surface area contributed by atoms with Crippen molar-refractivity contribution < 1.29 is 9.59 Å². The molecule has 0 radical (unpaired) electrons. The van der Waals surface area contributed by atoms with Crippen LogP contribution in [0.2, 0.25) is 0 Å². The first-order valence-electron chi connectivity index (χ1n) is 7.71. The van der Waals surface area contributed by atoms with Gasteiger partial charge in [0.15, 0.2) is 5.96 Å². The summed E-state index contributed by atoms with van der Waals surface area (Å²) < 4.78 is 0. The first kappa shape index (κ1) is 18.3. The van der Waals surface area contributed by atoms with Gasteiger partial charge in [-0.2, -0.15) is 0 Å². The molecule has 0 saturated carbocycles. The molecule has 22 heavy (non-hydrogen) atoms. The van der Waals surface area contributed by atoms with Gasteiger partial charge in [0.25, 0.3) is 0 Å². The summed E-state index contributed by atoms with van der Waals surface area (Å²) >= 11 is 0. The molecule has 1 heterocycles. The maximum absolute atomic E-state index is 12.4. The molecule has 0 aromatic heterocycles. The van der Waals surface area contributed by atoms with Crippen molar-refractivity contribution in [3.8, 4) is 0 Å². The van der Waals surface area contributed by atoms with Gasteiger partial charge in [-0.3, -0.25) is 14.6 Å². The highest BCUT2D eigenvalue weighted by molar-refractivity contribution is 5.88. The summed E-state index contributed by atoms with van der Waals surface area (Å²) in [4.78, 5) is 31.8. The van der Waals surface area contributed by atoms with Gasteiger partial charge in [0.2, 0.25) is 11.8 Å². The Bertz CT molecular complexity index is 445. The van der Waals surface area contributed by atoms with Gasteiger partial charge in [-0.15, -0.1) is 0 Å². The van der Waals surface area contributed by atoms with E-state index in [-0.39, 0.29) is 23.4 Å². The average Bonchev–Trinajstić information content (AvgIpc) is 2.40. The van der Waals surface area contributed by atoms with Crippen molar-refractivity contribution in [3.05, 3.63) is 0 Å². The van der Waals surface area contributed by atoms with Crippen molar-refractivity contribution in [2.75, 3.05) is 33.7 Å². The predicted molar refractivity (Wildman–Crippen MR) is 87.7 cm³/mol. The molecule has 0 aliphatic carbocycles. The third-order valence-corrected chi connectivity index (χ3v) is 3.77. The van der Waals surface area contributed by atoms with Crippen LogP contribution in [0.25, 0.3) is 0 Å². The molecule has 0 aromatic rings. The zero-order valence-corrected chi connectivity index (χ0v) is 14.6. The fourth-order valence-electron chi connectivity index (χ4n) is 3.06. The highest BCUT2D eigenvalue weighted by Gasteiger charge is 2.40. The van der Waals surface area contributed by atoms with Crippen LogP contribution < -0.4 is 10.6 Å². The Morgan fingerprint density at radius 1 is 1.41 bits per heavy atom. The number of carbonyl (C=O) groups is 2. The number of piperazine rings is 1. The minimum Gasteiger partial charge on any atom is -0.359 e. The lowest BCUT2D eigenvalue weighted by Crippen LogP contribution is -2.66. The van der Waals surface area contributed by atoms with Gasteiger partial charge >= 0.3 is 0 Å². The lowest BCUT2D eigenvalue weighted by molar-refractivity contribution is -0.145. The van der Waals surface area contributed by atoms with E-state index in [2.05, 4.69) is 29.5 Å². The molecule has 1 aliphatic heterocycles. The van der Waals surface area contributed by atoms with Crippen LogP contribution in [0.3, 0.4) is 0 Å². The second-order valence-corrected chi connectivity index (χ2v) is 6.42. The summed E-state index contributed by atoms with van der Waals surface area (Å²) in [5.41, 5.74) is -0.262. The van der Waals surface area contributed by atoms with E-state index in [9.17, 15) is 9.59 Å². The van der Waals surface area contributed by atoms with Gasteiger partial charge < -0.3 is 20.4 Å². The number of guanidine groups is 1. The molecule has 1 aliphatic rings. The second-order valence-electron chi connectivity index (χ2n) is 6.42. The van der Waals surface area contributed by atoms with Crippen LogP contribution in [-0.2, 0) is 9.59 Å². The fraction of sp³-hybridized carbons (Fsp3) is 0.800. The van der Waals surface area contributed by atoms with Gasteiger partial charge in [-0.25, -0.2) is 0 Å². The fourth-order valence-corrected chi connectivity index (χ4v) is 3.06. The van der Waals surface area contributed by atoms with E-state index < -0.39 is 0 Å². The number of hydrogen-bond acceptors (Lipinski definition) is 3. The Morgan fingerprint density at radius 3 is 2.50 bits per heavy atom. The first-order chi connectivity index (χ1) is 10.2. The molecule has 0 aromatic carbocycles. The normalized spacial score (nSPS) is 18.7. The maximum atomic E-state index is 12.4. The molecule has 1 saturated heterocycles. The monoisotopic (exact) mass is 311 g/mol. The minimum absolute atomic E-state index is 0.0241. The molecule has 1 rings (SSSR count). The zero-order valence-electron chi connectivity index (χ0n) is 14.6. The summed E-state index contributed by atoms with van der Waals surface area (Å²) in [6, 6.07) is 0.174. The maximum Gasteiger partial charge on any atom is 0.242 e. The van der Waals surface area contributed by atoms with Crippen LogP contribution in [0.5, 0.6) is 0 Å². The predicted octanol–water partition coefficient (Wildman–Crippen LogP) is 0.0291. The lowest BCUT2D eigenvalue weighted by atomic mass is 9.96. The van der Waals surface area contributed by atoms with E-state index >= 15 is 0 Å². The van der Waals surface area contributed by atoms with Crippen LogP contribution in [0.15, 0.2) is 4.99 Å². The average molecular weight is 311 g/mol. The van der Waals surface area contributed by atoms with E-state index in [0.29, 0.717) is 32.0 Å². The second kappa shape index (κ2) is 7.47. The zero-order chi connectivity index (χ0) is 16.9. The topological polar surface area (TPSA) is 77.0 Å². The summed E-state index contributed by atoms with van der Waals surface area (Å²) in [5, 5.41) is 5.73. The Labute approximate surface area is 133 Å². The van der Waals surface area contributed by atoms with Crippen molar-refractivity contribution >= 4 is 17.8 Å². The van der Waals surface area contributed by atoms with Gasteiger partial charge in [0.1, 0.15) is 0 Å². The van der Waals surface area contributed by atoms with Crippen LogP contribution in [0.1, 0.15) is 34.1 Å². The highest BCUT2D eigenvalue weighted by atomic mass is 16.2. The SMILES string of the molecule is CN=C(NCCC(=O)NC)N1CC(=O)N(C(C)C)C(C)(C)C1. The van der Waals surface area contributed by atoms with E-state index in [4.69, 9.17) is 0 Å². The quantitative estimate of drug-likeness (QED) is 0.567. The number of nitrogens with one attached hydrogen (secondary N) is 2. The summed E-state index contributed by atoms with van der Waals surface area (Å²) in [7, 11) is 3.30. The summed E-state index contributed by atoms with van der Waals surface area (Å²) in [6.07, 6.45) is 0.374. The molecule has 0 bridgehead atoms. The smallest absolute Gasteiger partial charge is 0.242 e. The molecule has 126 valence electrons. The largest absolute Gasteiger partial charge is 0.359 e. The molecular formula is C15H29N5O2. The van der Waals surface area contributed by atoms with Crippen LogP contribution in [0.4, 0.5) is 0 Å². The van der Waals surface area contributed by atoms with Crippen molar-refractivity contribution in [1.29, 1.82) is 0 Å². The molecule has 0 spiro atoms. The standard InChI is InChI=1S/C15H29N5O2/c1-11(2)20-13(22)9-19(10-15(20,3)4)14(17-6)18-8-7-12(21)16-5/h11H,7-10H2,1-6H3,(H,16,21)(H,17,18). The minimum atomic E-state index is -0.262. The molecule has 2 N–H and O–H groups in total. The van der Waals surface area contributed by atoms with Crippen molar-refractivity contribution in [2.45, 2.75) is 45.7 Å². The summed E-state index contributed by atoms with van der Waals surface area (Å²) in [5.74, 6) is 0.734. The van der Waals surface area contributed by atoms with E-state index in [1.807, 2.05) is 23.6 Å². The molecule has 1 fully saturated rings. The van der Waals surface area contributed by atoms with Crippen LogP contribution in [0, 0.1) is 0 Å². The molecular weight excluding hydrogens is 282 g/mol. The number of hydrogen-bond donors (Lipinski definition) is 2. The number of amides is 2. The van der Waals surface area contributed by atoms with Gasteiger partial charge in [-0.05, 0) is 27.7 Å². The van der Waals surface area contributed by atoms with E-state index in [1.165, 1.54) is 0 Å². The van der Waals surface area contributed by atoms with E-state index in [1.54, 1.807) is 14.1 Å². The van der Waals surface area contributed by atoms with Gasteiger partial charge in [0, 0.05) is 39.6 Å². The van der Waals surface area contributed by atoms with Crippen LogP contribution in [-0.4, -0.2) is 72.9 Å². The lowest BCUT2D eigenvalue weighted by Gasteiger charge is -2.49. The van der Waals surface area contributed by atoms with Crippen LogP contribution >= 0.6 is 0 Å². The Morgan fingerprint density at radius 2 is 2.05 bits per heavy atom. The first-order valence-corrected chi connectivity index (χ1v) is 7.71. The van der Waals surface area contributed by atoms with Gasteiger partial charge in [0.05, 0.1) is 12.1 Å². The number of aliphatic imine (C=N–C) groups is 1.